The van der Waals surface area contributed by atoms with Gasteiger partial charge in [0.1, 0.15) is 5.78 Å². The van der Waals surface area contributed by atoms with E-state index in [1.54, 1.807) is 0 Å². The fraction of sp³-hybridized carbons (Fsp3) is 0.810. The molecule has 1 aromatic heterocycles. The molecular formula is C21H35N3O. The maximum absolute atomic E-state index is 12.1. The van der Waals surface area contributed by atoms with Crippen molar-refractivity contribution in [2.24, 2.45) is 17.8 Å². The van der Waals surface area contributed by atoms with Crippen LogP contribution in [0.15, 0.2) is 12.4 Å². The standard InChI is InChI=1S/C21H35N3O/c1-16(2)21(25)19-6-4-18(5-7-19)8-11-23-12-9-20(10-13-23)24-15-17(3)14-22-24/h14-16,18-20H,4-13H2,1-3H3/t18-,19-. The Morgan fingerprint density at radius 3 is 2.40 bits per heavy atom. The van der Waals surface area contributed by atoms with E-state index in [1.807, 2.05) is 20.0 Å². The molecule has 1 saturated carbocycles. The highest BCUT2D eigenvalue weighted by molar-refractivity contribution is 5.82. The quantitative estimate of drug-likeness (QED) is 0.773. The third-order valence-electron chi connectivity index (χ3n) is 6.33. The number of aryl methyl sites for hydroxylation is 1. The van der Waals surface area contributed by atoms with E-state index in [-0.39, 0.29) is 5.92 Å². The van der Waals surface area contributed by atoms with Gasteiger partial charge >= 0.3 is 0 Å². The third kappa shape index (κ3) is 4.93. The van der Waals surface area contributed by atoms with Crippen LogP contribution in [-0.4, -0.2) is 40.1 Å². The summed E-state index contributed by atoms with van der Waals surface area (Å²) in [5.74, 6) is 1.89. The van der Waals surface area contributed by atoms with Gasteiger partial charge < -0.3 is 4.90 Å². The number of hydrogen-bond donors (Lipinski definition) is 0. The Labute approximate surface area is 153 Å². The lowest BCUT2D eigenvalue weighted by Crippen LogP contribution is -2.36. The number of nitrogens with zero attached hydrogens (tertiary/aromatic N) is 3. The number of ketones is 1. The molecule has 0 amide bonds. The van der Waals surface area contributed by atoms with E-state index in [4.69, 9.17) is 0 Å². The molecule has 4 heteroatoms. The van der Waals surface area contributed by atoms with Crippen LogP contribution in [0.5, 0.6) is 0 Å². The van der Waals surface area contributed by atoms with Gasteiger partial charge in [-0.25, -0.2) is 0 Å². The minimum absolute atomic E-state index is 0.210. The second-order valence-corrected chi connectivity index (χ2v) is 8.63. The van der Waals surface area contributed by atoms with Crippen LogP contribution in [0.3, 0.4) is 0 Å². The molecule has 0 spiro atoms. The zero-order valence-corrected chi connectivity index (χ0v) is 16.3. The Morgan fingerprint density at radius 2 is 1.84 bits per heavy atom. The van der Waals surface area contributed by atoms with Crippen molar-refractivity contribution >= 4 is 5.78 Å². The second-order valence-electron chi connectivity index (χ2n) is 8.63. The van der Waals surface area contributed by atoms with Crippen molar-refractivity contribution in [1.29, 1.82) is 0 Å². The summed E-state index contributed by atoms with van der Waals surface area (Å²) in [6, 6.07) is 0.586. The highest BCUT2D eigenvalue weighted by Crippen LogP contribution is 2.33. The van der Waals surface area contributed by atoms with Crippen LogP contribution in [0.4, 0.5) is 0 Å². The minimum atomic E-state index is 0.210. The van der Waals surface area contributed by atoms with Crippen LogP contribution in [0.1, 0.15) is 70.4 Å². The predicted octanol–water partition coefficient (Wildman–Crippen LogP) is 4.25. The second kappa shape index (κ2) is 8.48. The number of carbonyl (C=O) groups is 1. The summed E-state index contributed by atoms with van der Waals surface area (Å²) >= 11 is 0. The normalized spacial score (nSPS) is 26.2. The van der Waals surface area contributed by atoms with Gasteiger partial charge in [-0.15, -0.1) is 0 Å². The van der Waals surface area contributed by atoms with Gasteiger partial charge in [-0.2, -0.15) is 5.10 Å². The number of likely N-dealkylation sites (tertiary alicyclic amines) is 1. The topological polar surface area (TPSA) is 38.1 Å². The Hall–Kier alpha value is -1.16. The van der Waals surface area contributed by atoms with Crippen molar-refractivity contribution < 1.29 is 4.79 Å². The molecular weight excluding hydrogens is 310 g/mol. The Kier molecular flexibility index (Phi) is 6.32. The van der Waals surface area contributed by atoms with Crippen LogP contribution in [0, 0.1) is 24.7 Å². The fourth-order valence-corrected chi connectivity index (χ4v) is 4.61. The predicted molar refractivity (Wildman–Crippen MR) is 102 cm³/mol. The van der Waals surface area contributed by atoms with E-state index >= 15 is 0 Å². The minimum Gasteiger partial charge on any atom is -0.303 e. The molecule has 1 aliphatic heterocycles. The highest BCUT2D eigenvalue weighted by atomic mass is 16.1. The molecule has 0 atom stereocenters. The first-order valence-electron chi connectivity index (χ1n) is 10.3. The number of rotatable bonds is 6. The maximum atomic E-state index is 12.1. The van der Waals surface area contributed by atoms with Gasteiger partial charge in [-0.05, 0) is 69.9 Å². The number of piperidine rings is 1. The molecule has 1 saturated heterocycles. The summed E-state index contributed by atoms with van der Waals surface area (Å²) in [6.45, 7) is 9.83. The van der Waals surface area contributed by atoms with Gasteiger partial charge in [0.05, 0.1) is 12.2 Å². The smallest absolute Gasteiger partial charge is 0.138 e. The number of Topliss-reactive ketones (excluding diaryl/α,β-unsaturated/α-hetero) is 1. The molecule has 2 fully saturated rings. The molecule has 2 heterocycles. The van der Waals surface area contributed by atoms with Crippen LogP contribution >= 0.6 is 0 Å². The van der Waals surface area contributed by atoms with Gasteiger partial charge in [0.2, 0.25) is 0 Å². The Balaban J connectivity index is 1.35. The van der Waals surface area contributed by atoms with Crippen LogP contribution in [0.2, 0.25) is 0 Å². The zero-order chi connectivity index (χ0) is 17.8. The fourth-order valence-electron chi connectivity index (χ4n) is 4.61. The molecule has 1 aliphatic carbocycles. The lowest BCUT2D eigenvalue weighted by Gasteiger charge is -2.34. The van der Waals surface area contributed by atoms with Crippen LogP contribution in [-0.2, 0) is 4.79 Å². The average molecular weight is 346 g/mol. The molecule has 0 aromatic carbocycles. The van der Waals surface area contributed by atoms with Gasteiger partial charge in [0, 0.05) is 31.1 Å². The lowest BCUT2D eigenvalue weighted by atomic mass is 9.77. The first-order valence-corrected chi connectivity index (χ1v) is 10.3. The SMILES string of the molecule is Cc1cnn(C2CCN(CC[C@H]3CC[C@H](C(=O)C(C)C)CC3)CC2)c1. The zero-order valence-electron chi connectivity index (χ0n) is 16.3. The molecule has 0 bridgehead atoms. The van der Waals surface area contributed by atoms with Crippen LogP contribution in [0.25, 0.3) is 0 Å². The summed E-state index contributed by atoms with van der Waals surface area (Å²) in [7, 11) is 0. The van der Waals surface area contributed by atoms with Gasteiger partial charge in [-0.3, -0.25) is 9.48 Å². The largest absolute Gasteiger partial charge is 0.303 e. The Bertz CT molecular complexity index is 549. The lowest BCUT2D eigenvalue weighted by molar-refractivity contribution is -0.127. The average Bonchev–Trinajstić information content (AvgIpc) is 3.06. The summed E-state index contributed by atoms with van der Waals surface area (Å²) in [5, 5.41) is 4.49. The van der Waals surface area contributed by atoms with Gasteiger partial charge in [-0.1, -0.05) is 13.8 Å². The summed E-state index contributed by atoms with van der Waals surface area (Å²) < 4.78 is 2.17. The third-order valence-corrected chi connectivity index (χ3v) is 6.33. The molecule has 0 radical (unpaired) electrons. The van der Waals surface area contributed by atoms with Crippen molar-refractivity contribution in [2.75, 3.05) is 19.6 Å². The molecule has 3 rings (SSSR count). The molecule has 25 heavy (non-hydrogen) atoms. The van der Waals surface area contributed by atoms with Crippen LogP contribution < -0.4 is 0 Å². The van der Waals surface area contributed by atoms with Gasteiger partial charge in [0.15, 0.2) is 0 Å². The van der Waals surface area contributed by atoms with Gasteiger partial charge in [0.25, 0.3) is 0 Å². The highest BCUT2D eigenvalue weighted by Gasteiger charge is 2.28. The van der Waals surface area contributed by atoms with E-state index in [0.29, 0.717) is 17.7 Å². The molecule has 0 N–H and O–H groups in total. The first-order chi connectivity index (χ1) is 12.0. The molecule has 140 valence electrons. The van der Waals surface area contributed by atoms with E-state index in [0.717, 1.165) is 18.8 Å². The maximum Gasteiger partial charge on any atom is 0.138 e. The van der Waals surface area contributed by atoms with Crippen molar-refractivity contribution in [2.45, 2.75) is 71.8 Å². The summed E-state index contributed by atoms with van der Waals surface area (Å²) in [4.78, 5) is 14.8. The monoisotopic (exact) mass is 345 g/mol. The van der Waals surface area contributed by atoms with E-state index in [1.165, 1.54) is 57.3 Å². The van der Waals surface area contributed by atoms with Crippen molar-refractivity contribution in [3.63, 3.8) is 0 Å². The van der Waals surface area contributed by atoms with Crippen molar-refractivity contribution in [3.05, 3.63) is 18.0 Å². The molecule has 2 aliphatic rings. The first kappa shape index (κ1) is 18.6. The Morgan fingerprint density at radius 1 is 1.16 bits per heavy atom. The van der Waals surface area contributed by atoms with Crippen molar-refractivity contribution in [1.82, 2.24) is 14.7 Å². The van der Waals surface area contributed by atoms with Crippen molar-refractivity contribution in [3.8, 4) is 0 Å². The summed E-state index contributed by atoms with van der Waals surface area (Å²) in [5.41, 5.74) is 1.26. The number of hydrogen-bond acceptors (Lipinski definition) is 3. The molecule has 1 aromatic rings. The number of carbonyl (C=O) groups excluding carboxylic acids is 1. The molecule has 0 unspecified atom stereocenters. The summed E-state index contributed by atoms with van der Waals surface area (Å²) in [6.07, 6.45) is 12.7. The van der Waals surface area contributed by atoms with E-state index < -0.39 is 0 Å². The van der Waals surface area contributed by atoms with E-state index in [2.05, 4.69) is 27.8 Å². The number of aromatic nitrogens is 2. The van der Waals surface area contributed by atoms with E-state index in [9.17, 15) is 4.79 Å². The molecule has 4 nitrogen and oxygen atoms in total.